The summed E-state index contributed by atoms with van der Waals surface area (Å²) in [6.45, 7) is 0. The molecule has 0 aliphatic heterocycles. The van der Waals surface area contributed by atoms with E-state index in [9.17, 15) is 8.42 Å². The molecule has 0 atom stereocenters. The van der Waals surface area contributed by atoms with Crippen molar-refractivity contribution in [2.45, 2.75) is 0 Å². The molecule has 2 rings (SSSR count). The van der Waals surface area contributed by atoms with E-state index in [1.165, 1.54) is 0 Å². The minimum absolute atomic E-state index is 0.109. The summed E-state index contributed by atoms with van der Waals surface area (Å²) in [5, 5.41) is 0.791. The molecule has 0 spiro atoms. The first-order valence-corrected chi connectivity index (χ1v) is 7.65. The number of methoxy groups -OCH3 is 2. The van der Waals surface area contributed by atoms with Gasteiger partial charge in [-0.25, -0.2) is 9.97 Å². The first kappa shape index (κ1) is 17.2. The number of benzene rings is 1. The maximum atomic E-state index is 9.19. The molecule has 10 heteroatoms. The van der Waals surface area contributed by atoms with Gasteiger partial charge < -0.3 is 15.2 Å². The number of nitrogens with zero attached hydrogens (tertiary/aromatic N) is 2. The highest BCUT2D eigenvalue weighted by molar-refractivity contribution is 7.85. The van der Waals surface area contributed by atoms with E-state index in [0.717, 1.165) is 0 Å². The highest BCUT2D eigenvalue weighted by atomic mass is 35.5. The quantitative estimate of drug-likeness (QED) is 0.623. The van der Waals surface area contributed by atoms with Crippen molar-refractivity contribution in [2.75, 3.05) is 26.2 Å². The van der Waals surface area contributed by atoms with E-state index < -0.39 is 10.1 Å². The number of nitrogen functional groups attached to an aromatic ring is 1. The molecular formula is C11H14ClN3O5S. The Morgan fingerprint density at radius 2 is 1.67 bits per heavy atom. The van der Waals surface area contributed by atoms with Crippen LogP contribution in [0.15, 0.2) is 12.1 Å². The van der Waals surface area contributed by atoms with Gasteiger partial charge in [0.05, 0.1) is 26.0 Å². The number of nitrogens with two attached hydrogens (primary N) is 1. The number of aromatic nitrogens is 2. The summed E-state index contributed by atoms with van der Waals surface area (Å²) in [5.74, 6) is 1.47. The molecule has 0 saturated heterocycles. The molecule has 1 aromatic heterocycles. The maximum absolute atomic E-state index is 9.19. The first-order valence-electron chi connectivity index (χ1n) is 5.43. The smallest absolute Gasteiger partial charge is 0.261 e. The lowest BCUT2D eigenvalue weighted by Crippen LogP contribution is -1.97. The van der Waals surface area contributed by atoms with Crippen LogP contribution in [0.25, 0.3) is 10.9 Å². The Balaban J connectivity index is 0.000000383. The number of fused-ring (bicyclic) bond motifs is 1. The number of hydrogen-bond donors (Lipinski definition) is 2. The maximum Gasteiger partial charge on any atom is 0.261 e. The summed E-state index contributed by atoms with van der Waals surface area (Å²) in [6.07, 6.45) is 0.715. The van der Waals surface area contributed by atoms with E-state index >= 15 is 0 Å². The molecule has 3 N–H and O–H groups in total. The fourth-order valence-electron chi connectivity index (χ4n) is 1.45. The minimum Gasteiger partial charge on any atom is -0.493 e. The van der Waals surface area contributed by atoms with Crippen molar-refractivity contribution in [1.82, 2.24) is 9.97 Å². The van der Waals surface area contributed by atoms with E-state index in [-0.39, 0.29) is 5.28 Å². The highest BCUT2D eigenvalue weighted by Crippen LogP contribution is 2.33. The van der Waals surface area contributed by atoms with E-state index in [4.69, 9.17) is 31.4 Å². The van der Waals surface area contributed by atoms with E-state index in [1.54, 1.807) is 26.4 Å². The van der Waals surface area contributed by atoms with Crippen LogP contribution in [-0.4, -0.2) is 43.4 Å². The molecule has 1 heterocycles. The van der Waals surface area contributed by atoms with Gasteiger partial charge in [0.2, 0.25) is 5.28 Å². The number of ether oxygens (including phenoxy) is 2. The van der Waals surface area contributed by atoms with Crippen LogP contribution in [0.2, 0.25) is 5.28 Å². The van der Waals surface area contributed by atoms with Gasteiger partial charge in [-0.15, -0.1) is 0 Å². The van der Waals surface area contributed by atoms with Crippen LogP contribution in [0, 0.1) is 0 Å². The van der Waals surface area contributed by atoms with Gasteiger partial charge in [-0.2, -0.15) is 8.42 Å². The number of hydrogen-bond acceptors (Lipinski definition) is 7. The Hall–Kier alpha value is -1.84. The zero-order chi connectivity index (χ0) is 16.2. The molecule has 2 aromatic rings. The zero-order valence-corrected chi connectivity index (χ0v) is 13.1. The van der Waals surface area contributed by atoms with Crippen LogP contribution >= 0.6 is 11.6 Å². The monoisotopic (exact) mass is 335 g/mol. The van der Waals surface area contributed by atoms with E-state index in [0.29, 0.717) is 34.5 Å². The summed E-state index contributed by atoms with van der Waals surface area (Å²) >= 11 is 5.72. The van der Waals surface area contributed by atoms with Crippen molar-refractivity contribution in [3.63, 3.8) is 0 Å². The van der Waals surface area contributed by atoms with Crippen LogP contribution in [-0.2, 0) is 10.1 Å². The van der Waals surface area contributed by atoms with Gasteiger partial charge in [0.25, 0.3) is 10.1 Å². The molecular weight excluding hydrogens is 322 g/mol. The molecule has 0 unspecified atom stereocenters. The molecule has 0 saturated carbocycles. The van der Waals surface area contributed by atoms with E-state index in [1.807, 2.05) is 0 Å². The summed E-state index contributed by atoms with van der Waals surface area (Å²) in [7, 11) is -0.563. The number of halogens is 1. The fraction of sp³-hybridized carbons (Fsp3) is 0.273. The third-order valence-corrected chi connectivity index (χ3v) is 2.37. The molecule has 116 valence electrons. The SMILES string of the molecule is COc1cc2nc(Cl)nc(N)c2cc1OC.CS(=O)(=O)O. The van der Waals surface area contributed by atoms with Crippen LogP contribution in [0.1, 0.15) is 0 Å². The van der Waals surface area contributed by atoms with Gasteiger partial charge in [0, 0.05) is 11.5 Å². The van der Waals surface area contributed by atoms with Crippen LogP contribution < -0.4 is 15.2 Å². The third kappa shape index (κ3) is 5.21. The predicted octanol–water partition coefficient (Wildman–Crippen LogP) is 1.39. The largest absolute Gasteiger partial charge is 0.493 e. The van der Waals surface area contributed by atoms with Gasteiger partial charge in [-0.1, -0.05) is 0 Å². The second kappa shape index (κ2) is 6.74. The minimum atomic E-state index is -3.67. The average molecular weight is 336 g/mol. The van der Waals surface area contributed by atoms with Gasteiger partial charge in [0.15, 0.2) is 11.5 Å². The second-order valence-corrected chi connectivity index (χ2v) is 5.64. The Kier molecular flexibility index (Phi) is 5.53. The number of anilines is 1. The topological polar surface area (TPSA) is 125 Å². The van der Waals surface area contributed by atoms with Gasteiger partial charge in [0.1, 0.15) is 5.82 Å². The standard InChI is InChI=1S/C10H10ClN3O2.CH4O3S/c1-15-7-3-5-6(4-8(7)16-2)13-10(11)14-9(5)12;1-5(2,3)4/h3-4H,1-2H3,(H2,12,13,14);1H3,(H,2,3,4). The molecule has 1 aromatic carbocycles. The van der Waals surface area contributed by atoms with Crippen molar-refractivity contribution >= 4 is 38.4 Å². The molecule has 0 aliphatic carbocycles. The van der Waals surface area contributed by atoms with Crippen molar-refractivity contribution < 1.29 is 22.4 Å². The van der Waals surface area contributed by atoms with Crippen molar-refractivity contribution in [3.8, 4) is 11.5 Å². The van der Waals surface area contributed by atoms with Gasteiger partial charge >= 0.3 is 0 Å². The average Bonchev–Trinajstić information content (AvgIpc) is 2.35. The van der Waals surface area contributed by atoms with Crippen LogP contribution in [0.3, 0.4) is 0 Å². The van der Waals surface area contributed by atoms with Crippen molar-refractivity contribution in [1.29, 1.82) is 0 Å². The van der Waals surface area contributed by atoms with Gasteiger partial charge in [-0.3, -0.25) is 4.55 Å². The van der Waals surface area contributed by atoms with Crippen LogP contribution in [0.5, 0.6) is 11.5 Å². The predicted molar refractivity (Wildman–Crippen MR) is 79.5 cm³/mol. The molecule has 0 bridgehead atoms. The summed E-state index contributed by atoms with van der Waals surface area (Å²) < 4.78 is 36.2. The van der Waals surface area contributed by atoms with Crippen LogP contribution in [0.4, 0.5) is 5.82 Å². The van der Waals surface area contributed by atoms with Gasteiger partial charge in [-0.05, 0) is 17.7 Å². The Labute approximate surface area is 126 Å². The third-order valence-electron chi connectivity index (χ3n) is 2.20. The Morgan fingerprint density at radius 3 is 2.14 bits per heavy atom. The summed E-state index contributed by atoms with van der Waals surface area (Å²) in [4.78, 5) is 7.93. The molecule has 0 fully saturated rings. The summed E-state index contributed by atoms with van der Waals surface area (Å²) in [5.41, 5.74) is 6.36. The molecule has 8 nitrogen and oxygen atoms in total. The molecule has 0 radical (unpaired) electrons. The lowest BCUT2D eigenvalue weighted by molar-refractivity contribution is 0.356. The number of rotatable bonds is 2. The molecule has 0 amide bonds. The lowest BCUT2D eigenvalue weighted by Gasteiger charge is -2.09. The lowest BCUT2D eigenvalue weighted by atomic mass is 10.2. The normalized spacial score (nSPS) is 10.7. The second-order valence-electron chi connectivity index (χ2n) is 3.84. The first-order chi connectivity index (χ1) is 9.65. The van der Waals surface area contributed by atoms with Crippen molar-refractivity contribution in [3.05, 3.63) is 17.4 Å². The Bertz CT molecular complexity index is 743. The molecule has 0 aliphatic rings. The van der Waals surface area contributed by atoms with Crippen molar-refractivity contribution in [2.24, 2.45) is 0 Å². The molecule has 21 heavy (non-hydrogen) atoms. The Morgan fingerprint density at radius 1 is 1.19 bits per heavy atom. The highest BCUT2D eigenvalue weighted by Gasteiger charge is 2.10. The fourth-order valence-corrected chi connectivity index (χ4v) is 1.63. The van der Waals surface area contributed by atoms with E-state index in [2.05, 4.69) is 9.97 Å². The summed E-state index contributed by atoms with van der Waals surface area (Å²) in [6, 6.07) is 3.43. The zero-order valence-electron chi connectivity index (χ0n) is 11.5.